The van der Waals surface area contributed by atoms with E-state index in [1.165, 1.54) is 5.56 Å². The third kappa shape index (κ3) is 4.64. The van der Waals surface area contributed by atoms with Gasteiger partial charge in [-0.3, -0.25) is 4.21 Å². The van der Waals surface area contributed by atoms with Crippen molar-refractivity contribution in [3.63, 3.8) is 0 Å². The van der Waals surface area contributed by atoms with Crippen LogP contribution in [0.4, 0.5) is 17.5 Å². The van der Waals surface area contributed by atoms with Crippen molar-refractivity contribution in [2.75, 3.05) is 35.7 Å². The molecule has 2 aromatic heterocycles. The van der Waals surface area contributed by atoms with E-state index in [1.807, 2.05) is 24.3 Å². The summed E-state index contributed by atoms with van der Waals surface area (Å²) < 4.78 is 23.5. The molecule has 1 aromatic carbocycles. The summed E-state index contributed by atoms with van der Waals surface area (Å²) in [6.07, 6.45) is 5.91. The van der Waals surface area contributed by atoms with Crippen molar-refractivity contribution in [3.05, 3.63) is 42.0 Å². The van der Waals surface area contributed by atoms with Gasteiger partial charge in [-0.1, -0.05) is 25.9 Å². The van der Waals surface area contributed by atoms with Gasteiger partial charge in [0.2, 0.25) is 5.88 Å². The van der Waals surface area contributed by atoms with Gasteiger partial charge in [-0.25, -0.2) is 9.97 Å². The van der Waals surface area contributed by atoms with Crippen LogP contribution in [0.25, 0.3) is 0 Å². The van der Waals surface area contributed by atoms with Crippen LogP contribution in [-0.2, 0) is 22.6 Å². The van der Waals surface area contributed by atoms with E-state index in [9.17, 15) is 4.21 Å². The molecule has 34 heavy (non-hydrogen) atoms. The molecule has 1 saturated heterocycles. The molecule has 0 radical (unpaired) electrons. The molecule has 0 amide bonds. The molecule has 4 heterocycles. The summed E-state index contributed by atoms with van der Waals surface area (Å²) in [4.78, 5) is 18.5. The van der Waals surface area contributed by atoms with Crippen LogP contribution >= 0.6 is 0 Å². The van der Waals surface area contributed by atoms with Crippen molar-refractivity contribution in [1.29, 1.82) is 0 Å². The fraction of sp³-hybridized carbons (Fsp3) is 0.500. The maximum atomic E-state index is 11.8. The number of benzene rings is 1. The first kappa shape index (κ1) is 22.8. The lowest BCUT2D eigenvalue weighted by atomic mass is 9.96. The Labute approximate surface area is 202 Å². The SMILES string of the molecule is CS(=O)c1ccc2c(c1)CCN2c1cc(OC2CCN(c3nc(C(C)(C)C)no3)CC2)ncn1. The minimum absolute atomic E-state index is 0.0666. The normalized spacial score (nSPS) is 17.6. The molecule has 0 bridgehead atoms. The Morgan fingerprint density at radius 1 is 1.12 bits per heavy atom. The maximum Gasteiger partial charge on any atom is 0.324 e. The molecule has 0 N–H and O–H groups in total. The summed E-state index contributed by atoms with van der Waals surface area (Å²) in [6.45, 7) is 8.61. The van der Waals surface area contributed by atoms with Gasteiger partial charge in [0.1, 0.15) is 18.2 Å². The molecule has 5 rings (SSSR count). The molecule has 9 nitrogen and oxygen atoms in total. The first-order valence-corrected chi connectivity index (χ1v) is 13.2. The van der Waals surface area contributed by atoms with E-state index < -0.39 is 10.8 Å². The van der Waals surface area contributed by atoms with Gasteiger partial charge in [-0.2, -0.15) is 4.98 Å². The quantitative estimate of drug-likeness (QED) is 0.540. The summed E-state index contributed by atoms with van der Waals surface area (Å²) in [5.74, 6) is 2.11. The van der Waals surface area contributed by atoms with E-state index in [0.29, 0.717) is 11.9 Å². The van der Waals surface area contributed by atoms with Crippen molar-refractivity contribution in [2.45, 2.75) is 56.4 Å². The van der Waals surface area contributed by atoms with Crippen molar-refractivity contribution in [2.24, 2.45) is 0 Å². The molecular formula is C24H30N6O3S. The zero-order chi connectivity index (χ0) is 23.9. The number of ether oxygens (including phenoxy) is 1. The molecular weight excluding hydrogens is 452 g/mol. The van der Waals surface area contributed by atoms with Gasteiger partial charge < -0.3 is 19.1 Å². The Kier molecular flexibility index (Phi) is 6.01. The van der Waals surface area contributed by atoms with E-state index in [0.717, 1.165) is 61.1 Å². The summed E-state index contributed by atoms with van der Waals surface area (Å²) in [6, 6.07) is 8.47. The Morgan fingerprint density at radius 2 is 1.91 bits per heavy atom. The number of piperidine rings is 1. The topological polar surface area (TPSA) is 97.5 Å². The summed E-state index contributed by atoms with van der Waals surface area (Å²) in [5.41, 5.74) is 2.15. The first-order valence-electron chi connectivity index (χ1n) is 11.6. The van der Waals surface area contributed by atoms with Crippen molar-refractivity contribution in [1.82, 2.24) is 20.1 Å². The molecule has 180 valence electrons. The smallest absolute Gasteiger partial charge is 0.324 e. The molecule has 2 aliphatic heterocycles. The van der Waals surface area contributed by atoms with Crippen LogP contribution in [0.2, 0.25) is 0 Å². The highest BCUT2D eigenvalue weighted by atomic mass is 32.2. The summed E-state index contributed by atoms with van der Waals surface area (Å²) >= 11 is 0. The Balaban J connectivity index is 1.22. The zero-order valence-corrected chi connectivity index (χ0v) is 20.8. The Morgan fingerprint density at radius 3 is 2.62 bits per heavy atom. The molecule has 0 spiro atoms. The van der Waals surface area contributed by atoms with Crippen molar-refractivity contribution in [3.8, 4) is 5.88 Å². The second-order valence-electron chi connectivity index (χ2n) is 9.82. The predicted molar refractivity (Wildman–Crippen MR) is 130 cm³/mol. The second kappa shape index (κ2) is 8.98. The van der Waals surface area contributed by atoms with Gasteiger partial charge in [0, 0.05) is 71.6 Å². The van der Waals surface area contributed by atoms with Gasteiger partial charge in [0.15, 0.2) is 5.82 Å². The van der Waals surface area contributed by atoms with Crippen LogP contribution in [0.1, 0.15) is 45.0 Å². The van der Waals surface area contributed by atoms with Gasteiger partial charge in [0.25, 0.3) is 0 Å². The third-order valence-corrected chi connectivity index (χ3v) is 7.19. The number of nitrogens with zero attached hydrogens (tertiary/aromatic N) is 6. The van der Waals surface area contributed by atoms with E-state index >= 15 is 0 Å². The molecule has 3 aromatic rings. The van der Waals surface area contributed by atoms with E-state index in [-0.39, 0.29) is 11.5 Å². The molecule has 1 atom stereocenters. The predicted octanol–water partition coefficient (Wildman–Crippen LogP) is 3.64. The number of fused-ring (bicyclic) bond motifs is 1. The molecule has 2 aliphatic rings. The molecule has 0 saturated carbocycles. The third-order valence-electron chi connectivity index (χ3n) is 6.27. The number of hydrogen-bond acceptors (Lipinski definition) is 9. The lowest BCUT2D eigenvalue weighted by Crippen LogP contribution is -2.38. The number of anilines is 3. The average molecular weight is 483 g/mol. The lowest BCUT2D eigenvalue weighted by Gasteiger charge is -2.30. The minimum Gasteiger partial charge on any atom is -0.474 e. The zero-order valence-electron chi connectivity index (χ0n) is 20.0. The summed E-state index contributed by atoms with van der Waals surface area (Å²) in [7, 11) is -0.984. The first-order chi connectivity index (χ1) is 16.3. The van der Waals surface area contributed by atoms with Gasteiger partial charge in [-0.05, 0) is 30.2 Å². The fourth-order valence-electron chi connectivity index (χ4n) is 4.32. The highest BCUT2D eigenvalue weighted by Gasteiger charge is 2.28. The molecule has 10 heteroatoms. The van der Waals surface area contributed by atoms with Crippen LogP contribution in [-0.4, -0.2) is 56.3 Å². The minimum atomic E-state index is -0.984. The monoisotopic (exact) mass is 482 g/mol. The van der Waals surface area contributed by atoms with Gasteiger partial charge >= 0.3 is 6.01 Å². The largest absolute Gasteiger partial charge is 0.474 e. The molecule has 1 fully saturated rings. The Hall–Kier alpha value is -3.01. The summed E-state index contributed by atoms with van der Waals surface area (Å²) in [5, 5.41) is 4.13. The van der Waals surface area contributed by atoms with Gasteiger partial charge in [0.05, 0.1) is 0 Å². The number of aromatic nitrogens is 4. The lowest BCUT2D eigenvalue weighted by molar-refractivity contribution is 0.161. The average Bonchev–Trinajstić information content (AvgIpc) is 3.47. The van der Waals surface area contributed by atoms with Gasteiger partial charge in [-0.15, -0.1) is 0 Å². The van der Waals surface area contributed by atoms with Crippen LogP contribution in [0, 0.1) is 0 Å². The number of hydrogen-bond donors (Lipinski definition) is 0. The number of rotatable bonds is 5. The van der Waals surface area contributed by atoms with Crippen molar-refractivity contribution < 1.29 is 13.5 Å². The van der Waals surface area contributed by atoms with Crippen LogP contribution < -0.4 is 14.5 Å². The molecule has 0 aliphatic carbocycles. The van der Waals surface area contributed by atoms with E-state index in [2.05, 4.69) is 50.7 Å². The highest BCUT2D eigenvalue weighted by Crippen LogP contribution is 2.35. The highest BCUT2D eigenvalue weighted by molar-refractivity contribution is 7.84. The second-order valence-corrected chi connectivity index (χ2v) is 11.2. The Bertz CT molecular complexity index is 1200. The fourth-order valence-corrected chi connectivity index (χ4v) is 4.89. The van der Waals surface area contributed by atoms with Crippen LogP contribution in [0.3, 0.4) is 0 Å². The molecule has 1 unspecified atom stereocenters. The van der Waals surface area contributed by atoms with E-state index in [1.54, 1.807) is 12.6 Å². The maximum absolute atomic E-state index is 11.8. The van der Waals surface area contributed by atoms with Crippen LogP contribution in [0.15, 0.2) is 40.0 Å². The van der Waals surface area contributed by atoms with Crippen molar-refractivity contribution >= 4 is 28.3 Å². The standard InChI is InChI=1S/C24H30N6O3S/c1-24(2,3)22-27-23(33-28-22)29-10-8-17(9-11-29)32-21-14-20(25-15-26-21)30-12-7-16-13-18(34(4)31)5-6-19(16)30/h5-6,13-15,17H,7-12H2,1-4H3. The van der Waals surface area contributed by atoms with E-state index in [4.69, 9.17) is 9.26 Å². The van der Waals surface area contributed by atoms with Crippen LogP contribution in [0.5, 0.6) is 5.88 Å².